The summed E-state index contributed by atoms with van der Waals surface area (Å²) in [7, 11) is 0. The summed E-state index contributed by atoms with van der Waals surface area (Å²) in [6, 6.07) is 6.17. The minimum absolute atomic E-state index is 0.443. The number of piperazine rings is 1. The third-order valence-corrected chi connectivity index (χ3v) is 4.01. The molecule has 0 bridgehead atoms. The van der Waals surface area contributed by atoms with E-state index in [1.807, 2.05) is 12.1 Å². The normalized spacial score (nSPS) is 17.9. The molecule has 0 spiro atoms. The van der Waals surface area contributed by atoms with Crippen LogP contribution in [0.5, 0.6) is 5.75 Å². The number of aliphatic carboxylic acids is 1. The standard InChI is InChI=1S/C15H18N2O4/c18-14(15(19)20)17-7-5-16(6-8-17)12-3-4-13-11(10-12)2-1-9-21-13/h3-4,10H,1-2,5-9H2,(H,19,20). The molecule has 1 saturated heterocycles. The molecule has 1 aromatic rings. The summed E-state index contributed by atoms with van der Waals surface area (Å²) < 4.78 is 5.60. The van der Waals surface area contributed by atoms with Crippen molar-refractivity contribution in [3.8, 4) is 5.75 Å². The number of hydrogen-bond acceptors (Lipinski definition) is 4. The van der Waals surface area contributed by atoms with Crippen LogP contribution in [0.15, 0.2) is 18.2 Å². The second kappa shape index (κ2) is 5.63. The van der Waals surface area contributed by atoms with Gasteiger partial charge in [-0.2, -0.15) is 0 Å². The van der Waals surface area contributed by atoms with E-state index in [0.717, 1.165) is 30.9 Å². The minimum atomic E-state index is -1.38. The van der Waals surface area contributed by atoms with Gasteiger partial charge in [0.25, 0.3) is 0 Å². The lowest BCUT2D eigenvalue weighted by Crippen LogP contribution is -2.50. The van der Waals surface area contributed by atoms with Gasteiger partial charge in [0.1, 0.15) is 5.75 Å². The maximum atomic E-state index is 11.4. The molecule has 1 aromatic carbocycles. The number of anilines is 1. The molecule has 0 atom stereocenters. The first-order chi connectivity index (χ1) is 10.1. The molecule has 0 unspecified atom stereocenters. The highest BCUT2D eigenvalue weighted by molar-refractivity contribution is 6.31. The van der Waals surface area contributed by atoms with Gasteiger partial charge in [0.15, 0.2) is 0 Å². The SMILES string of the molecule is O=C(O)C(=O)N1CCN(c2ccc3c(c2)CCCO3)CC1. The number of carbonyl (C=O) groups excluding carboxylic acids is 1. The third-order valence-electron chi connectivity index (χ3n) is 4.01. The molecule has 2 aliphatic rings. The second-order valence-corrected chi connectivity index (χ2v) is 5.33. The highest BCUT2D eigenvalue weighted by Crippen LogP contribution is 2.29. The molecule has 1 N–H and O–H groups in total. The van der Waals surface area contributed by atoms with Gasteiger partial charge in [-0.05, 0) is 36.6 Å². The molecule has 0 radical (unpaired) electrons. The van der Waals surface area contributed by atoms with Crippen LogP contribution < -0.4 is 9.64 Å². The van der Waals surface area contributed by atoms with Crippen LogP contribution in [0, 0.1) is 0 Å². The highest BCUT2D eigenvalue weighted by atomic mass is 16.5. The number of benzene rings is 1. The first-order valence-corrected chi connectivity index (χ1v) is 7.18. The predicted octanol–water partition coefficient (Wildman–Crippen LogP) is 0.745. The van der Waals surface area contributed by atoms with E-state index in [-0.39, 0.29) is 0 Å². The zero-order chi connectivity index (χ0) is 14.8. The number of carboxylic acid groups (broad SMARTS) is 1. The molecular weight excluding hydrogens is 272 g/mol. The van der Waals surface area contributed by atoms with E-state index in [2.05, 4.69) is 11.0 Å². The number of rotatable bonds is 1. The van der Waals surface area contributed by atoms with E-state index in [9.17, 15) is 9.59 Å². The van der Waals surface area contributed by atoms with E-state index in [0.29, 0.717) is 26.2 Å². The van der Waals surface area contributed by atoms with Crippen molar-refractivity contribution in [2.24, 2.45) is 0 Å². The number of carbonyl (C=O) groups is 2. The predicted molar refractivity (Wildman–Crippen MR) is 76.7 cm³/mol. The second-order valence-electron chi connectivity index (χ2n) is 5.33. The average Bonchev–Trinajstić information content (AvgIpc) is 2.54. The molecule has 6 heteroatoms. The fourth-order valence-corrected chi connectivity index (χ4v) is 2.85. The quantitative estimate of drug-likeness (QED) is 0.773. The lowest BCUT2D eigenvalue weighted by molar-refractivity contribution is -0.156. The highest BCUT2D eigenvalue weighted by Gasteiger charge is 2.26. The van der Waals surface area contributed by atoms with Crippen LogP contribution in [0.4, 0.5) is 5.69 Å². The van der Waals surface area contributed by atoms with E-state index >= 15 is 0 Å². The lowest BCUT2D eigenvalue weighted by Gasteiger charge is -2.35. The van der Waals surface area contributed by atoms with Crippen molar-refractivity contribution in [2.75, 3.05) is 37.7 Å². The van der Waals surface area contributed by atoms with Gasteiger partial charge < -0.3 is 19.6 Å². The molecular formula is C15H18N2O4. The Morgan fingerprint density at radius 2 is 1.90 bits per heavy atom. The molecule has 2 aliphatic heterocycles. The van der Waals surface area contributed by atoms with Gasteiger partial charge in [0.05, 0.1) is 6.61 Å². The van der Waals surface area contributed by atoms with Gasteiger partial charge in [-0.25, -0.2) is 4.79 Å². The number of ether oxygens (including phenoxy) is 1. The average molecular weight is 290 g/mol. The Kier molecular flexibility index (Phi) is 3.68. The van der Waals surface area contributed by atoms with Crippen LogP contribution >= 0.6 is 0 Å². The Morgan fingerprint density at radius 3 is 2.62 bits per heavy atom. The molecule has 0 aromatic heterocycles. The fraction of sp³-hybridized carbons (Fsp3) is 0.467. The molecule has 1 amide bonds. The third kappa shape index (κ3) is 2.79. The number of fused-ring (bicyclic) bond motifs is 1. The van der Waals surface area contributed by atoms with Crippen LogP contribution in [0.2, 0.25) is 0 Å². The summed E-state index contributed by atoms with van der Waals surface area (Å²) in [5, 5.41) is 8.73. The molecule has 21 heavy (non-hydrogen) atoms. The van der Waals surface area contributed by atoms with Crippen LogP contribution in [0.3, 0.4) is 0 Å². The lowest BCUT2D eigenvalue weighted by atomic mass is 10.0. The smallest absolute Gasteiger partial charge is 0.394 e. The van der Waals surface area contributed by atoms with Crippen molar-refractivity contribution in [3.05, 3.63) is 23.8 Å². The van der Waals surface area contributed by atoms with Crippen molar-refractivity contribution >= 4 is 17.6 Å². The number of hydrogen-bond donors (Lipinski definition) is 1. The van der Waals surface area contributed by atoms with Crippen molar-refractivity contribution in [3.63, 3.8) is 0 Å². The first kappa shape index (κ1) is 13.7. The van der Waals surface area contributed by atoms with Gasteiger partial charge in [0, 0.05) is 31.9 Å². The minimum Gasteiger partial charge on any atom is -0.493 e. The van der Waals surface area contributed by atoms with E-state index in [1.54, 1.807) is 0 Å². The summed E-state index contributed by atoms with van der Waals surface area (Å²) >= 11 is 0. The van der Waals surface area contributed by atoms with E-state index < -0.39 is 11.9 Å². The Hall–Kier alpha value is -2.24. The van der Waals surface area contributed by atoms with Crippen LogP contribution in [0.25, 0.3) is 0 Å². The van der Waals surface area contributed by atoms with Gasteiger partial charge in [-0.15, -0.1) is 0 Å². The Balaban J connectivity index is 1.67. The Labute approximate surface area is 122 Å². The molecule has 6 nitrogen and oxygen atoms in total. The molecule has 0 aliphatic carbocycles. The number of aryl methyl sites for hydroxylation is 1. The Bertz CT molecular complexity index is 565. The topological polar surface area (TPSA) is 70.1 Å². The van der Waals surface area contributed by atoms with Crippen molar-refractivity contribution in [1.29, 1.82) is 0 Å². The van der Waals surface area contributed by atoms with Crippen molar-refractivity contribution < 1.29 is 19.4 Å². The van der Waals surface area contributed by atoms with Crippen molar-refractivity contribution in [2.45, 2.75) is 12.8 Å². The number of carboxylic acids is 1. The zero-order valence-electron chi connectivity index (χ0n) is 11.7. The monoisotopic (exact) mass is 290 g/mol. The molecule has 112 valence electrons. The maximum absolute atomic E-state index is 11.4. The number of amides is 1. The summed E-state index contributed by atoms with van der Waals surface area (Å²) in [6.45, 7) is 2.97. The van der Waals surface area contributed by atoms with Gasteiger partial charge >= 0.3 is 11.9 Å². The van der Waals surface area contributed by atoms with Gasteiger partial charge in [-0.1, -0.05) is 0 Å². The summed E-state index contributed by atoms with van der Waals surface area (Å²) in [5.74, 6) is -1.23. The summed E-state index contributed by atoms with van der Waals surface area (Å²) in [5.41, 5.74) is 2.34. The molecule has 0 saturated carbocycles. The van der Waals surface area contributed by atoms with E-state index in [1.165, 1.54) is 10.5 Å². The number of nitrogens with zero attached hydrogens (tertiary/aromatic N) is 2. The summed E-state index contributed by atoms with van der Waals surface area (Å²) in [4.78, 5) is 25.7. The molecule has 3 rings (SSSR count). The van der Waals surface area contributed by atoms with Crippen LogP contribution in [-0.2, 0) is 16.0 Å². The zero-order valence-corrected chi connectivity index (χ0v) is 11.7. The molecule has 2 heterocycles. The van der Waals surface area contributed by atoms with Crippen LogP contribution in [-0.4, -0.2) is 54.7 Å². The van der Waals surface area contributed by atoms with Crippen molar-refractivity contribution in [1.82, 2.24) is 4.90 Å². The van der Waals surface area contributed by atoms with Gasteiger partial charge in [0.2, 0.25) is 0 Å². The summed E-state index contributed by atoms with van der Waals surface area (Å²) in [6.07, 6.45) is 2.07. The molecule has 1 fully saturated rings. The van der Waals surface area contributed by atoms with Gasteiger partial charge in [-0.3, -0.25) is 4.79 Å². The first-order valence-electron chi connectivity index (χ1n) is 7.18. The fourth-order valence-electron chi connectivity index (χ4n) is 2.85. The van der Waals surface area contributed by atoms with E-state index in [4.69, 9.17) is 9.84 Å². The largest absolute Gasteiger partial charge is 0.493 e. The maximum Gasteiger partial charge on any atom is 0.394 e. The van der Waals surface area contributed by atoms with Crippen LogP contribution in [0.1, 0.15) is 12.0 Å². The Morgan fingerprint density at radius 1 is 1.14 bits per heavy atom.